The molecule has 4 nitrogen and oxygen atoms in total. The van der Waals surface area contributed by atoms with E-state index in [1.165, 1.54) is 7.11 Å². The Kier molecular flexibility index (Phi) is 7.86. The molecule has 106 valence electrons. The summed E-state index contributed by atoms with van der Waals surface area (Å²) in [6.07, 6.45) is 0.941. The fourth-order valence-corrected chi connectivity index (χ4v) is 1.85. The second-order valence-electron chi connectivity index (χ2n) is 4.24. The predicted molar refractivity (Wildman–Crippen MR) is 75.2 cm³/mol. The summed E-state index contributed by atoms with van der Waals surface area (Å²) < 4.78 is 10.1. The summed E-state index contributed by atoms with van der Waals surface area (Å²) in [5.74, 6) is -0.457. The monoisotopic (exact) mass is 265 g/mol. The molecule has 0 bridgehead atoms. The number of hydrogen-bond donors (Lipinski definition) is 1. The number of carbonyl (C=O) groups is 1. The van der Waals surface area contributed by atoms with Crippen LogP contribution in [0.5, 0.6) is 0 Å². The normalized spacial score (nSPS) is 12.1. The summed E-state index contributed by atoms with van der Waals surface area (Å²) in [5.41, 5.74) is 0.978. The molecular formula is C15H23NO3. The highest BCUT2D eigenvalue weighted by Crippen LogP contribution is 2.16. The van der Waals surface area contributed by atoms with Crippen molar-refractivity contribution in [2.45, 2.75) is 19.3 Å². The minimum absolute atomic E-state index is 0.205. The van der Waals surface area contributed by atoms with Crippen molar-refractivity contribution >= 4 is 5.97 Å². The summed E-state index contributed by atoms with van der Waals surface area (Å²) in [6.45, 7) is 4.89. The summed E-state index contributed by atoms with van der Waals surface area (Å²) >= 11 is 0. The maximum Gasteiger partial charge on any atom is 0.314 e. The van der Waals surface area contributed by atoms with E-state index in [2.05, 4.69) is 5.32 Å². The molecule has 0 heterocycles. The van der Waals surface area contributed by atoms with Crippen LogP contribution in [0.3, 0.4) is 0 Å². The van der Waals surface area contributed by atoms with Gasteiger partial charge in [0.15, 0.2) is 0 Å². The molecule has 0 amide bonds. The highest BCUT2D eigenvalue weighted by Gasteiger charge is 2.20. The lowest BCUT2D eigenvalue weighted by atomic mass is 9.99. The van der Waals surface area contributed by atoms with Gasteiger partial charge in [-0.05, 0) is 25.5 Å². The van der Waals surface area contributed by atoms with Gasteiger partial charge < -0.3 is 14.8 Å². The number of carbonyl (C=O) groups excluding carboxylic acids is 1. The van der Waals surface area contributed by atoms with Crippen molar-refractivity contribution in [2.24, 2.45) is 0 Å². The van der Waals surface area contributed by atoms with Crippen molar-refractivity contribution in [1.29, 1.82) is 0 Å². The largest absolute Gasteiger partial charge is 0.469 e. The van der Waals surface area contributed by atoms with E-state index in [-0.39, 0.29) is 11.9 Å². The minimum Gasteiger partial charge on any atom is -0.469 e. The fraction of sp³-hybridized carbons (Fsp3) is 0.533. The first kappa shape index (κ1) is 15.7. The molecule has 0 radical (unpaired) electrons. The van der Waals surface area contributed by atoms with Gasteiger partial charge in [0, 0.05) is 19.8 Å². The van der Waals surface area contributed by atoms with Crippen LogP contribution >= 0.6 is 0 Å². The number of ether oxygens (including phenoxy) is 2. The Balaban J connectivity index is 2.41. The van der Waals surface area contributed by atoms with Gasteiger partial charge in [0.1, 0.15) is 0 Å². The molecule has 0 saturated carbocycles. The second-order valence-corrected chi connectivity index (χ2v) is 4.24. The zero-order chi connectivity index (χ0) is 13.9. The summed E-state index contributed by atoms with van der Waals surface area (Å²) in [7, 11) is 1.42. The number of methoxy groups -OCH3 is 1. The lowest BCUT2D eigenvalue weighted by molar-refractivity contribution is -0.142. The molecule has 1 N–H and O–H groups in total. The van der Waals surface area contributed by atoms with Crippen LogP contribution in [0.1, 0.15) is 24.8 Å². The quantitative estimate of drug-likeness (QED) is 0.548. The van der Waals surface area contributed by atoms with E-state index in [9.17, 15) is 4.79 Å². The maximum atomic E-state index is 11.8. The topological polar surface area (TPSA) is 47.6 Å². The zero-order valence-electron chi connectivity index (χ0n) is 11.7. The fourth-order valence-electron chi connectivity index (χ4n) is 1.85. The number of hydrogen-bond acceptors (Lipinski definition) is 4. The van der Waals surface area contributed by atoms with Crippen molar-refractivity contribution in [3.05, 3.63) is 35.9 Å². The van der Waals surface area contributed by atoms with Gasteiger partial charge >= 0.3 is 5.97 Å². The van der Waals surface area contributed by atoms with E-state index in [0.717, 1.165) is 31.7 Å². The second kappa shape index (κ2) is 9.53. The highest BCUT2D eigenvalue weighted by atomic mass is 16.5. The smallest absolute Gasteiger partial charge is 0.314 e. The Morgan fingerprint density at radius 1 is 1.32 bits per heavy atom. The van der Waals surface area contributed by atoms with Gasteiger partial charge in [-0.2, -0.15) is 0 Å². The first-order valence-corrected chi connectivity index (χ1v) is 6.70. The van der Waals surface area contributed by atoms with Crippen molar-refractivity contribution in [3.63, 3.8) is 0 Å². The maximum absolute atomic E-state index is 11.8. The molecular weight excluding hydrogens is 242 g/mol. The molecule has 4 heteroatoms. The number of esters is 1. The van der Waals surface area contributed by atoms with E-state index in [1.807, 2.05) is 37.3 Å². The minimum atomic E-state index is -0.252. The molecule has 0 aliphatic carbocycles. The van der Waals surface area contributed by atoms with Gasteiger partial charge in [-0.25, -0.2) is 0 Å². The van der Waals surface area contributed by atoms with Crippen molar-refractivity contribution in [1.82, 2.24) is 5.32 Å². The van der Waals surface area contributed by atoms with Gasteiger partial charge in [-0.3, -0.25) is 4.79 Å². The van der Waals surface area contributed by atoms with Gasteiger partial charge in [0.2, 0.25) is 0 Å². The van der Waals surface area contributed by atoms with Crippen molar-refractivity contribution < 1.29 is 14.3 Å². The lowest BCUT2D eigenvalue weighted by Gasteiger charge is -2.15. The van der Waals surface area contributed by atoms with Gasteiger partial charge in [-0.15, -0.1) is 0 Å². The molecule has 0 aromatic heterocycles. The highest BCUT2D eigenvalue weighted by molar-refractivity contribution is 5.78. The summed E-state index contributed by atoms with van der Waals surface area (Å²) in [5, 5.41) is 3.28. The Labute approximate surface area is 115 Å². The standard InChI is InChI=1S/C15H23NO3/c1-3-19-11-7-10-16-12-14(15(17)18-2)13-8-5-4-6-9-13/h4-6,8-9,14,16H,3,7,10-12H2,1-2H3. The Hall–Kier alpha value is -1.39. The molecule has 1 aromatic rings. The van der Waals surface area contributed by atoms with Crippen LogP contribution in [0.25, 0.3) is 0 Å². The SMILES string of the molecule is CCOCCCNCC(C(=O)OC)c1ccccc1. The lowest BCUT2D eigenvalue weighted by Crippen LogP contribution is -2.29. The molecule has 1 aromatic carbocycles. The molecule has 1 rings (SSSR count). The van der Waals surface area contributed by atoms with E-state index < -0.39 is 0 Å². The predicted octanol–water partition coefficient (Wildman–Crippen LogP) is 1.96. The van der Waals surface area contributed by atoms with Gasteiger partial charge in [0.25, 0.3) is 0 Å². The third kappa shape index (κ3) is 5.85. The van der Waals surface area contributed by atoms with Gasteiger partial charge in [-0.1, -0.05) is 30.3 Å². The van der Waals surface area contributed by atoms with E-state index in [0.29, 0.717) is 6.54 Å². The first-order valence-electron chi connectivity index (χ1n) is 6.70. The molecule has 0 spiro atoms. The Morgan fingerprint density at radius 3 is 2.68 bits per heavy atom. The van der Waals surface area contributed by atoms with Crippen molar-refractivity contribution in [3.8, 4) is 0 Å². The van der Waals surface area contributed by atoms with Crippen molar-refractivity contribution in [2.75, 3.05) is 33.4 Å². The molecule has 1 unspecified atom stereocenters. The van der Waals surface area contributed by atoms with Crippen LogP contribution in [0, 0.1) is 0 Å². The van der Waals surface area contributed by atoms with Gasteiger partial charge in [0.05, 0.1) is 13.0 Å². The molecule has 0 aliphatic rings. The molecule has 1 atom stereocenters. The summed E-state index contributed by atoms with van der Waals surface area (Å²) in [4.78, 5) is 11.8. The van der Waals surface area contributed by atoms with Crippen LogP contribution in [0.4, 0.5) is 0 Å². The van der Waals surface area contributed by atoms with E-state index in [1.54, 1.807) is 0 Å². The van der Waals surface area contributed by atoms with E-state index >= 15 is 0 Å². The van der Waals surface area contributed by atoms with Crippen LogP contribution in [0.2, 0.25) is 0 Å². The Bertz CT molecular complexity index is 354. The number of nitrogens with one attached hydrogen (secondary N) is 1. The number of benzene rings is 1. The first-order chi connectivity index (χ1) is 9.29. The zero-order valence-corrected chi connectivity index (χ0v) is 11.7. The number of rotatable bonds is 9. The van der Waals surface area contributed by atoms with Crippen LogP contribution in [-0.4, -0.2) is 39.4 Å². The van der Waals surface area contributed by atoms with Crippen LogP contribution < -0.4 is 5.32 Å². The molecule has 0 aliphatic heterocycles. The molecule has 0 fully saturated rings. The van der Waals surface area contributed by atoms with Crippen LogP contribution in [0.15, 0.2) is 30.3 Å². The average Bonchev–Trinajstić information content (AvgIpc) is 2.47. The molecule has 19 heavy (non-hydrogen) atoms. The van der Waals surface area contributed by atoms with E-state index in [4.69, 9.17) is 9.47 Å². The summed E-state index contributed by atoms with van der Waals surface area (Å²) in [6, 6.07) is 9.70. The Morgan fingerprint density at radius 2 is 2.05 bits per heavy atom. The van der Waals surface area contributed by atoms with Crippen LogP contribution in [-0.2, 0) is 14.3 Å². The molecule has 0 saturated heterocycles. The average molecular weight is 265 g/mol. The third-order valence-electron chi connectivity index (χ3n) is 2.88. The third-order valence-corrected chi connectivity index (χ3v) is 2.88.